The average Bonchev–Trinajstić information content (AvgIpc) is 3.12. The molecule has 0 saturated carbocycles. The normalized spacial score (nSPS) is 12.3. The molecular formula is C20H18N2O2. The first-order chi connectivity index (χ1) is 11.9. The van der Waals surface area contributed by atoms with Crippen LogP contribution in [0.4, 0.5) is 0 Å². The second-order valence-electron chi connectivity index (χ2n) is 5.67. The predicted octanol–water partition coefficient (Wildman–Crippen LogP) is 3.77. The van der Waals surface area contributed by atoms with E-state index < -0.39 is 0 Å². The van der Waals surface area contributed by atoms with Crippen molar-refractivity contribution in [3.05, 3.63) is 78.0 Å². The van der Waals surface area contributed by atoms with Gasteiger partial charge >= 0.3 is 0 Å². The highest BCUT2D eigenvalue weighted by molar-refractivity contribution is 5.59. The van der Waals surface area contributed by atoms with Gasteiger partial charge in [-0.15, -0.1) is 0 Å². The Hall–Kier alpha value is -2.85. The number of hydrogen-bond acceptors (Lipinski definition) is 4. The van der Waals surface area contributed by atoms with Crippen molar-refractivity contribution in [2.24, 2.45) is 0 Å². The number of ether oxygens (including phenoxy) is 2. The Morgan fingerprint density at radius 3 is 2.79 bits per heavy atom. The van der Waals surface area contributed by atoms with Crippen LogP contribution in [0.15, 0.2) is 66.9 Å². The lowest BCUT2D eigenvalue weighted by atomic mass is 10.1. The maximum Gasteiger partial charge on any atom is 0.231 e. The van der Waals surface area contributed by atoms with E-state index in [0.29, 0.717) is 6.79 Å². The van der Waals surface area contributed by atoms with Crippen LogP contribution >= 0.6 is 0 Å². The van der Waals surface area contributed by atoms with Crippen molar-refractivity contribution in [2.45, 2.75) is 13.1 Å². The zero-order valence-corrected chi connectivity index (χ0v) is 13.2. The first kappa shape index (κ1) is 14.7. The van der Waals surface area contributed by atoms with Gasteiger partial charge in [0, 0.05) is 30.4 Å². The van der Waals surface area contributed by atoms with E-state index in [1.165, 1.54) is 5.56 Å². The van der Waals surface area contributed by atoms with Gasteiger partial charge in [0.2, 0.25) is 6.79 Å². The highest BCUT2D eigenvalue weighted by Gasteiger charge is 2.16. The standard InChI is InChI=1S/C20H18N2O2/c1-2-10-22-18(8-1)16-6-3-5-15(11-16)12-21-13-17-7-4-9-19-20(17)24-14-23-19/h1-11,21H,12-14H2. The Balaban J connectivity index is 1.43. The molecule has 0 fully saturated rings. The molecule has 0 radical (unpaired) electrons. The number of benzene rings is 2. The topological polar surface area (TPSA) is 43.4 Å². The van der Waals surface area contributed by atoms with Crippen molar-refractivity contribution in [1.29, 1.82) is 0 Å². The second-order valence-corrected chi connectivity index (χ2v) is 5.67. The van der Waals surface area contributed by atoms with Gasteiger partial charge in [-0.05, 0) is 29.8 Å². The quantitative estimate of drug-likeness (QED) is 0.778. The summed E-state index contributed by atoms with van der Waals surface area (Å²) in [6, 6.07) is 20.4. The van der Waals surface area contributed by atoms with E-state index >= 15 is 0 Å². The van der Waals surface area contributed by atoms with Crippen LogP contribution < -0.4 is 14.8 Å². The Labute approximate surface area is 141 Å². The monoisotopic (exact) mass is 318 g/mol. The summed E-state index contributed by atoms with van der Waals surface area (Å²) in [4.78, 5) is 4.41. The Bertz CT molecular complexity index is 834. The number of nitrogens with zero attached hydrogens (tertiary/aromatic N) is 1. The number of hydrogen-bond donors (Lipinski definition) is 1. The Kier molecular flexibility index (Phi) is 4.13. The van der Waals surface area contributed by atoms with Gasteiger partial charge in [0.25, 0.3) is 0 Å². The fourth-order valence-corrected chi connectivity index (χ4v) is 2.85. The van der Waals surface area contributed by atoms with Crippen molar-refractivity contribution in [3.63, 3.8) is 0 Å². The molecule has 2 aromatic carbocycles. The highest BCUT2D eigenvalue weighted by Crippen LogP contribution is 2.35. The molecule has 4 nitrogen and oxygen atoms in total. The Morgan fingerprint density at radius 2 is 1.88 bits per heavy atom. The first-order valence-electron chi connectivity index (χ1n) is 7.99. The van der Waals surface area contributed by atoms with E-state index in [0.717, 1.165) is 41.4 Å². The molecule has 1 N–H and O–H groups in total. The van der Waals surface area contributed by atoms with Gasteiger partial charge in [0.1, 0.15) is 0 Å². The van der Waals surface area contributed by atoms with Crippen LogP contribution in [0, 0.1) is 0 Å². The van der Waals surface area contributed by atoms with Gasteiger partial charge in [-0.2, -0.15) is 0 Å². The highest BCUT2D eigenvalue weighted by atomic mass is 16.7. The summed E-state index contributed by atoms with van der Waals surface area (Å²) in [6.45, 7) is 1.82. The summed E-state index contributed by atoms with van der Waals surface area (Å²) in [7, 11) is 0. The molecule has 0 amide bonds. The van der Waals surface area contributed by atoms with E-state index in [4.69, 9.17) is 9.47 Å². The number of para-hydroxylation sites is 1. The molecule has 0 unspecified atom stereocenters. The lowest BCUT2D eigenvalue weighted by Crippen LogP contribution is -2.13. The maximum absolute atomic E-state index is 5.54. The molecule has 1 aromatic heterocycles. The predicted molar refractivity (Wildman–Crippen MR) is 92.8 cm³/mol. The van der Waals surface area contributed by atoms with Gasteiger partial charge in [0.05, 0.1) is 5.69 Å². The van der Waals surface area contributed by atoms with E-state index in [9.17, 15) is 0 Å². The average molecular weight is 318 g/mol. The Morgan fingerprint density at radius 1 is 0.917 bits per heavy atom. The van der Waals surface area contributed by atoms with Gasteiger partial charge in [-0.1, -0.05) is 36.4 Å². The molecule has 24 heavy (non-hydrogen) atoms. The van der Waals surface area contributed by atoms with Crippen LogP contribution in [-0.4, -0.2) is 11.8 Å². The van der Waals surface area contributed by atoms with Gasteiger partial charge in [-0.25, -0.2) is 0 Å². The van der Waals surface area contributed by atoms with Crippen LogP contribution in [0.25, 0.3) is 11.3 Å². The van der Waals surface area contributed by atoms with Crippen LogP contribution in [0.3, 0.4) is 0 Å². The third-order valence-corrected chi connectivity index (χ3v) is 4.01. The van der Waals surface area contributed by atoms with Gasteiger partial charge in [-0.3, -0.25) is 4.98 Å². The van der Waals surface area contributed by atoms with E-state index in [1.54, 1.807) is 0 Å². The zero-order chi connectivity index (χ0) is 16.2. The lowest BCUT2D eigenvalue weighted by molar-refractivity contribution is 0.173. The molecule has 4 heteroatoms. The molecular weight excluding hydrogens is 300 g/mol. The molecule has 4 rings (SSSR count). The minimum Gasteiger partial charge on any atom is -0.454 e. The van der Waals surface area contributed by atoms with Crippen molar-refractivity contribution in [1.82, 2.24) is 10.3 Å². The molecule has 120 valence electrons. The third kappa shape index (κ3) is 3.09. The van der Waals surface area contributed by atoms with Crippen molar-refractivity contribution in [2.75, 3.05) is 6.79 Å². The summed E-state index contributed by atoms with van der Waals surface area (Å²) >= 11 is 0. The van der Waals surface area contributed by atoms with Gasteiger partial charge in [0.15, 0.2) is 11.5 Å². The zero-order valence-electron chi connectivity index (χ0n) is 13.2. The summed E-state index contributed by atoms with van der Waals surface area (Å²) in [5, 5.41) is 3.47. The fourth-order valence-electron chi connectivity index (χ4n) is 2.85. The molecule has 3 aromatic rings. The van der Waals surface area contributed by atoms with Crippen molar-refractivity contribution >= 4 is 0 Å². The molecule has 1 aliphatic heterocycles. The second kappa shape index (κ2) is 6.72. The summed E-state index contributed by atoms with van der Waals surface area (Å²) < 4.78 is 11.0. The van der Waals surface area contributed by atoms with Gasteiger partial charge < -0.3 is 14.8 Å². The number of rotatable bonds is 5. The van der Waals surface area contributed by atoms with E-state index in [2.05, 4.69) is 40.6 Å². The van der Waals surface area contributed by atoms with Crippen LogP contribution in [-0.2, 0) is 13.1 Å². The van der Waals surface area contributed by atoms with E-state index in [1.807, 2.05) is 36.5 Å². The molecule has 0 bridgehead atoms. The first-order valence-corrected chi connectivity index (χ1v) is 7.99. The van der Waals surface area contributed by atoms with Crippen molar-refractivity contribution in [3.8, 4) is 22.8 Å². The number of fused-ring (bicyclic) bond motifs is 1. The lowest BCUT2D eigenvalue weighted by Gasteiger charge is -2.09. The SMILES string of the molecule is c1ccc(-c2cccc(CNCc3cccc4c3OCO4)c2)nc1. The fraction of sp³-hybridized carbons (Fsp3) is 0.150. The van der Waals surface area contributed by atoms with Crippen LogP contribution in [0.5, 0.6) is 11.5 Å². The molecule has 2 heterocycles. The molecule has 0 saturated heterocycles. The summed E-state index contributed by atoms with van der Waals surface area (Å²) in [6.07, 6.45) is 1.82. The number of nitrogens with one attached hydrogen (secondary N) is 1. The summed E-state index contributed by atoms with van der Waals surface area (Å²) in [5.41, 5.74) is 4.46. The smallest absolute Gasteiger partial charge is 0.231 e. The summed E-state index contributed by atoms with van der Waals surface area (Å²) in [5.74, 6) is 1.68. The largest absolute Gasteiger partial charge is 0.454 e. The third-order valence-electron chi connectivity index (χ3n) is 4.01. The minimum absolute atomic E-state index is 0.304. The molecule has 0 spiro atoms. The minimum atomic E-state index is 0.304. The number of pyridine rings is 1. The van der Waals surface area contributed by atoms with E-state index in [-0.39, 0.29) is 0 Å². The number of aromatic nitrogens is 1. The molecule has 0 atom stereocenters. The van der Waals surface area contributed by atoms with Crippen molar-refractivity contribution < 1.29 is 9.47 Å². The van der Waals surface area contributed by atoms with Crippen LogP contribution in [0.2, 0.25) is 0 Å². The maximum atomic E-state index is 5.54. The van der Waals surface area contributed by atoms with Crippen LogP contribution in [0.1, 0.15) is 11.1 Å². The molecule has 0 aliphatic carbocycles. The molecule has 1 aliphatic rings.